The summed E-state index contributed by atoms with van der Waals surface area (Å²) in [6.45, 7) is 6.82. The maximum Gasteiger partial charge on any atom is 0.212 e. The molecule has 1 aliphatic rings. The van der Waals surface area contributed by atoms with Crippen LogP contribution in [0.4, 0.5) is 0 Å². The molecule has 1 aromatic heterocycles. The molecule has 1 unspecified atom stereocenters. The number of nitrogens with zero attached hydrogens (tertiary/aromatic N) is 1. The maximum atomic E-state index is 2.45. The molecule has 0 fully saturated rings. The van der Waals surface area contributed by atoms with Gasteiger partial charge < -0.3 is 0 Å². The van der Waals surface area contributed by atoms with E-state index in [1.807, 2.05) is 0 Å². The zero-order chi connectivity index (χ0) is 19.0. The monoisotopic (exact) mass is 356 g/mol. The summed E-state index contributed by atoms with van der Waals surface area (Å²) in [6.07, 6.45) is 5.76. The van der Waals surface area contributed by atoms with E-state index in [1.165, 1.54) is 45.5 Å². The normalized spacial score (nSPS) is 16.0. The van der Waals surface area contributed by atoms with Crippen LogP contribution in [0.15, 0.2) is 60.8 Å². The number of fused-ring (bicyclic) bond motifs is 1. The second-order valence-corrected chi connectivity index (χ2v) is 8.58. The van der Waals surface area contributed by atoms with Gasteiger partial charge in [-0.2, -0.15) is 0 Å². The Hall–Kier alpha value is -2.41. The van der Waals surface area contributed by atoms with E-state index in [2.05, 4.69) is 93.2 Å². The molecule has 0 N–H and O–H groups in total. The predicted molar refractivity (Wildman–Crippen MR) is 113 cm³/mol. The number of benzene rings is 2. The average molecular weight is 357 g/mol. The highest BCUT2D eigenvalue weighted by molar-refractivity contribution is 5.64. The number of rotatable bonds is 4. The van der Waals surface area contributed by atoms with Crippen LogP contribution in [0.25, 0.3) is 11.3 Å². The molecule has 0 bridgehead atoms. The molecule has 0 spiro atoms. The molecule has 1 atom stereocenters. The number of aryl methyl sites for hydroxylation is 2. The van der Waals surface area contributed by atoms with Crippen LogP contribution in [0.3, 0.4) is 0 Å². The third-order valence-electron chi connectivity index (χ3n) is 5.86. The Balaban J connectivity index is 1.65. The molecule has 0 radical (unpaired) electrons. The minimum absolute atomic E-state index is 0.623. The summed E-state index contributed by atoms with van der Waals surface area (Å²) < 4.78 is 2.30. The van der Waals surface area contributed by atoms with Crippen LogP contribution in [0.1, 0.15) is 47.6 Å². The molecule has 138 valence electrons. The fraction of sp³-hybridized carbons (Fsp3) is 0.346. The molecule has 1 nitrogen and oxygen atoms in total. The number of hydrogen-bond donors (Lipinski definition) is 0. The van der Waals surface area contributed by atoms with Crippen molar-refractivity contribution in [1.29, 1.82) is 0 Å². The third-order valence-corrected chi connectivity index (χ3v) is 5.86. The average Bonchev–Trinajstić information content (AvgIpc) is 3.04. The minimum atomic E-state index is 0.623. The van der Waals surface area contributed by atoms with E-state index in [0.29, 0.717) is 11.8 Å². The first-order valence-electron chi connectivity index (χ1n) is 10.2. The van der Waals surface area contributed by atoms with Crippen LogP contribution >= 0.6 is 0 Å². The van der Waals surface area contributed by atoms with E-state index >= 15 is 0 Å². The van der Waals surface area contributed by atoms with Crippen molar-refractivity contribution in [2.24, 2.45) is 13.0 Å². The van der Waals surface area contributed by atoms with Crippen LogP contribution in [-0.4, -0.2) is 0 Å². The van der Waals surface area contributed by atoms with Crippen molar-refractivity contribution in [3.05, 3.63) is 88.6 Å². The molecular formula is C26H30N+. The lowest BCUT2D eigenvalue weighted by Gasteiger charge is -2.10. The van der Waals surface area contributed by atoms with Crippen molar-refractivity contribution in [3.63, 3.8) is 0 Å². The van der Waals surface area contributed by atoms with Crippen molar-refractivity contribution in [3.8, 4) is 11.3 Å². The Bertz CT molecular complexity index is 953. The van der Waals surface area contributed by atoms with Crippen molar-refractivity contribution in [1.82, 2.24) is 0 Å². The number of pyridine rings is 1. The van der Waals surface area contributed by atoms with Gasteiger partial charge in [0.25, 0.3) is 0 Å². The summed E-state index contributed by atoms with van der Waals surface area (Å²) in [5.74, 6) is 1.31. The number of aromatic nitrogens is 1. The van der Waals surface area contributed by atoms with E-state index in [0.717, 1.165) is 12.8 Å². The fourth-order valence-electron chi connectivity index (χ4n) is 4.57. The lowest BCUT2D eigenvalue weighted by atomic mass is 9.96. The molecule has 0 amide bonds. The van der Waals surface area contributed by atoms with Crippen LogP contribution < -0.4 is 4.57 Å². The fourth-order valence-corrected chi connectivity index (χ4v) is 4.57. The Morgan fingerprint density at radius 2 is 1.67 bits per heavy atom. The molecule has 0 saturated heterocycles. The minimum Gasteiger partial charge on any atom is -0.201 e. The topological polar surface area (TPSA) is 3.88 Å². The van der Waals surface area contributed by atoms with Gasteiger partial charge in [0.1, 0.15) is 7.05 Å². The van der Waals surface area contributed by atoms with Gasteiger partial charge in [0.05, 0.1) is 0 Å². The molecule has 1 heteroatoms. The maximum absolute atomic E-state index is 2.45. The molecule has 27 heavy (non-hydrogen) atoms. The second-order valence-electron chi connectivity index (χ2n) is 8.58. The largest absolute Gasteiger partial charge is 0.212 e. The van der Waals surface area contributed by atoms with Crippen molar-refractivity contribution < 1.29 is 4.57 Å². The first-order valence-corrected chi connectivity index (χ1v) is 10.2. The van der Waals surface area contributed by atoms with Gasteiger partial charge >= 0.3 is 0 Å². The Morgan fingerprint density at radius 1 is 0.963 bits per heavy atom. The van der Waals surface area contributed by atoms with Gasteiger partial charge in [-0.15, -0.1) is 0 Å². The van der Waals surface area contributed by atoms with Gasteiger partial charge in [-0.3, -0.25) is 0 Å². The Morgan fingerprint density at radius 3 is 2.33 bits per heavy atom. The lowest BCUT2D eigenvalue weighted by Crippen LogP contribution is -2.31. The van der Waals surface area contributed by atoms with E-state index in [4.69, 9.17) is 0 Å². The standard InChI is InChI=1S/C26H30N/c1-18(2)12-20-10-11-26(27(4)17-20)25-16-24-15-23(14-22(24)13-19(25)3)21-8-6-5-7-9-21/h5-11,13,16-18,23H,12,14-15H2,1-4H3/q+1. The predicted octanol–water partition coefficient (Wildman–Crippen LogP) is 5.57. The Kier molecular flexibility index (Phi) is 4.86. The van der Waals surface area contributed by atoms with Crippen LogP contribution in [0.2, 0.25) is 0 Å². The smallest absolute Gasteiger partial charge is 0.201 e. The van der Waals surface area contributed by atoms with Crippen molar-refractivity contribution >= 4 is 0 Å². The van der Waals surface area contributed by atoms with Crippen molar-refractivity contribution in [2.45, 2.75) is 46.0 Å². The van der Waals surface area contributed by atoms with E-state index in [-0.39, 0.29) is 0 Å². The summed E-state index contributed by atoms with van der Waals surface area (Å²) in [4.78, 5) is 0. The molecule has 0 aliphatic heterocycles. The molecule has 1 heterocycles. The highest BCUT2D eigenvalue weighted by Crippen LogP contribution is 2.37. The lowest BCUT2D eigenvalue weighted by molar-refractivity contribution is -0.660. The SMILES string of the molecule is Cc1cc2c(cc1-c1ccc(CC(C)C)c[n+]1C)CC(c1ccccc1)C2. The highest BCUT2D eigenvalue weighted by atomic mass is 14.9. The molecule has 2 aromatic carbocycles. The third kappa shape index (κ3) is 3.69. The first-order chi connectivity index (χ1) is 13.0. The summed E-state index contributed by atoms with van der Waals surface area (Å²) in [5.41, 5.74) is 10.0. The molecular weight excluding hydrogens is 326 g/mol. The van der Waals surface area contributed by atoms with Gasteiger partial charge in [0.15, 0.2) is 6.20 Å². The van der Waals surface area contributed by atoms with Gasteiger partial charge in [-0.05, 0) is 72.4 Å². The highest BCUT2D eigenvalue weighted by Gasteiger charge is 2.25. The molecule has 0 saturated carbocycles. The molecule has 4 rings (SSSR count). The van der Waals surface area contributed by atoms with Crippen LogP contribution in [0.5, 0.6) is 0 Å². The second kappa shape index (κ2) is 7.31. The van der Waals surface area contributed by atoms with E-state index in [1.54, 1.807) is 0 Å². The summed E-state index contributed by atoms with van der Waals surface area (Å²) in [7, 11) is 2.18. The summed E-state index contributed by atoms with van der Waals surface area (Å²) in [5, 5.41) is 0. The zero-order valence-electron chi connectivity index (χ0n) is 17.0. The van der Waals surface area contributed by atoms with Crippen molar-refractivity contribution in [2.75, 3.05) is 0 Å². The van der Waals surface area contributed by atoms with Crippen LogP contribution in [-0.2, 0) is 26.3 Å². The molecule has 1 aliphatic carbocycles. The zero-order valence-corrected chi connectivity index (χ0v) is 17.0. The van der Waals surface area contributed by atoms with E-state index in [9.17, 15) is 0 Å². The summed E-state index contributed by atoms with van der Waals surface area (Å²) in [6, 6.07) is 20.5. The van der Waals surface area contributed by atoms with Gasteiger partial charge in [0.2, 0.25) is 5.69 Å². The van der Waals surface area contributed by atoms with Crippen LogP contribution in [0, 0.1) is 12.8 Å². The first kappa shape index (κ1) is 18.0. The number of hydrogen-bond acceptors (Lipinski definition) is 0. The summed E-state index contributed by atoms with van der Waals surface area (Å²) >= 11 is 0. The van der Waals surface area contributed by atoms with E-state index < -0.39 is 0 Å². The van der Waals surface area contributed by atoms with Gasteiger partial charge in [-0.25, -0.2) is 4.57 Å². The quantitative estimate of drug-likeness (QED) is 0.538. The Labute approximate surface area is 163 Å². The molecule has 3 aromatic rings. The van der Waals surface area contributed by atoms with Gasteiger partial charge in [0, 0.05) is 17.2 Å². The van der Waals surface area contributed by atoms with Gasteiger partial charge in [-0.1, -0.05) is 50.2 Å².